The van der Waals surface area contributed by atoms with Gasteiger partial charge < -0.3 is 15.4 Å². The first-order valence-corrected chi connectivity index (χ1v) is 8.13. The number of nitrogens with zero attached hydrogens (tertiary/aromatic N) is 1. The Morgan fingerprint density at radius 2 is 2.05 bits per heavy atom. The molecule has 2 atom stereocenters. The lowest BCUT2D eigenvalue weighted by Gasteiger charge is -2.33. The van der Waals surface area contributed by atoms with Crippen molar-refractivity contribution in [3.05, 3.63) is 29.3 Å². The number of hydrogen-bond acceptors (Lipinski definition) is 3. The molecular weight excluding hydrogens is 260 g/mol. The second kappa shape index (κ2) is 7.28. The molecule has 0 saturated heterocycles. The van der Waals surface area contributed by atoms with E-state index in [-0.39, 0.29) is 6.04 Å². The highest BCUT2D eigenvalue weighted by atomic mass is 16.5. The van der Waals surface area contributed by atoms with E-state index < -0.39 is 0 Å². The van der Waals surface area contributed by atoms with Crippen LogP contribution in [0.2, 0.25) is 0 Å². The molecule has 1 aliphatic carbocycles. The van der Waals surface area contributed by atoms with Gasteiger partial charge in [0.25, 0.3) is 0 Å². The molecule has 3 heteroatoms. The van der Waals surface area contributed by atoms with Crippen LogP contribution in [0, 0.1) is 12.8 Å². The minimum Gasteiger partial charge on any atom is -0.383 e. The van der Waals surface area contributed by atoms with E-state index in [0.29, 0.717) is 6.04 Å². The highest BCUT2D eigenvalue weighted by Gasteiger charge is 2.32. The van der Waals surface area contributed by atoms with Crippen LogP contribution in [-0.2, 0) is 11.2 Å². The molecule has 2 N–H and O–H groups in total. The van der Waals surface area contributed by atoms with Crippen molar-refractivity contribution >= 4 is 5.69 Å². The number of nitrogens with two attached hydrogens (primary N) is 1. The molecule has 2 unspecified atom stereocenters. The van der Waals surface area contributed by atoms with E-state index in [2.05, 4.69) is 43.9 Å². The summed E-state index contributed by atoms with van der Waals surface area (Å²) in [6.45, 7) is 8.29. The van der Waals surface area contributed by atoms with Crippen LogP contribution in [0.1, 0.15) is 37.8 Å². The number of ether oxygens (including phenoxy) is 1. The normalized spacial score (nSPS) is 17.6. The Morgan fingerprint density at radius 3 is 2.62 bits per heavy atom. The quantitative estimate of drug-likeness (QED) is 0.799. The maximum Gasteiger partial charge on any atom is 0.0637 e. The average molecular weight is 290 g/mol. The Kier molecular flexibility index (Phi) is 5.65. The maximum absolute atomic E-state index is 6.05. The summed E-state index contributed by atoms with van der Waals surface area (Å²) in [4.78, 5) is 2.53. The molecule has 0 spiro atoms. The molecule has 21 heavy (non-hydrogen) atoms. The van der Waals surface area contributed by atoms with Gasteiger partial charge in [-0.25, -0.2) is 0 Å². The van der Waals surface area contributed by atoms with E-state index in [1.165, 1.54) is 29.7 Å². The zero-order valence-electron chi connectivity index (χ0n) is 13.9. The monoisotopic (exact) mass is 290 g/mol. The van der Waals surface area contributed by atoms with E-state index in [1.807, 2.05) is 0 Å². The van der Waals surface area contributed by atoms with Gasteiger partial charge >= 0.3 is 0 Å². The molecular formula is C18H30N2O. The van der Waals surface area contributed by atoms with E-state index in [0.717, 1.165) is 25.5 Å². The highest BCUT2D eigenvalue weighted by Crippen LogP contribution is 2.38. The standard InChI is InChI=1S/C18H30N2O/c1-13-5-8-18(17(11-13)12-14(2)19)20(9-10-21-4)15(3)16-6-7-16/h5,8,11,14-16H,6-7,9-10,12,19H2,1-4H3. The van der Waals surface area contributed by atoms with Crippen LogP contribution in [0.3, 0.4) is 0 Å². The summed E-state index contributed by atoms with van der Waals surface area (Å²) in [5.41, 5.74) is 10.1. The van der Waals surface area contributed by atoms with Gasteiger partial charge in [0.1, 0.15) is 0 Å². The number of aryl methyl sites for hydroxylation is 1. The highest BCUT2D eigenvalue weighted by molar-refractivity contribution is 5.56. The summed E-state index contributed by atoms with van der Waals surface area (Å²) in [6, 6.07) is 7.53. The van der Waals surface area contributed by atoms with Crippen LogP contribution >= 0.6 is 0 Å². The SMILES string of the molecule is COCCN(c1ccc(C)cc1CC(C)N)C(C)C1CC1. The first kappa shape index (κ1) is 16.3. The second-order valence-corrected chi connectivity index (χ2v) is 6.58. The van der Waals surface area contributed by atoms with E-state index in [1.54, 1.807) is 7.11 Å². The van der Waals surface area contributed by atoms with Crippen molar-refractivity contribution in [3.8, 4) is 0 Å². The zero-order valence-corrected chi connectivity index (χ0v) is 13.9. The van der Waals surface area contributed by atoms with Crippen molar-refractivity contribution in [1.29, 1.82) is 0 Å². The first-order chi connectivity index (χ1) is 10.0. The fraction of sp³-hybridized carbons (Fsp3) is 0.667. The van der Waals surface area contributed by atoms with Crippen LogP contribution in [0.5, 0.6) is 0 Å². The fourth-order valence-corrected chi connectivity index (χ4v) is 3.07. The molecule has 1 aromatic rings. The zero-order chi connectivity index (χ0) is 15.4. The van der Waals surface area contributed by atoms with Crippen molar-refractivity contribution in [2.75, 3.05) is 25.2 Å². The molecule has 0 aliphatic heterocycles. The van der Waals surface area contributed by atoms with Crippen LogP contribution in [0.4, 0.5) is 5.69 Å². The molecule has 1 aliphatic rings. The Bertz CT molecular complexity index is 455. The van der Waals surface area contributed by atoms with Crippen LogP contribution in [0.25, 0.3) is 0 Å². The number of rotatable bonds is 8. The van der Waals surface area contributed by atoms with Gasteiger partial charge in [-0.3, -0.25) is 0 Å². The molecule has 2 rings (SSSR count). The van der Waals surface area contributed by atoms with Gasteiger partial charge in [-0.2, -0.15) is 0 Å². The maximum atomic E-state index is 6.05. The number of anilines is 1. The van der Waals surface area contributed by atoms with Gasteiger partial charge in [0.05, 0.1) is 6.61 Å². The Morgan fingerprint density at radius 1 is 1.33 bits per heavy atom. The summed E-state index contributed by atoms with van der Waals surface area (Å²) >= 11 is 0. The first-order valence-electron chi connectivity index (χ1n) is 8.13. The predicted molar refractivity (Wildman–Crippen MR) is 89.9 cm³/mol. The summed E-state index contributed by atoms with van der Waals surface area (Å²) in [7, 11) is 1.78. The van der Waals surface area contributed by atoms with E-state index >= 15 is 0 Å². The third-order valence-electron chi connectivity index (χ3n) is 4.42. The Labute approximate surface area is 129 Å². The Balaban J connectivity index is 2.28. The summed E-state index contributed by atoms with van der Waals surface area (Å²) < 4.78 is 5.32. The molecule has 0 bridgehead atoms. The van der Waals surface area contributed by atoms with Gasteiger partial charge in [-0.15, -0.1) is 0 Å². The molecule has 1 aromatic carbocycles. The third kappa shape index (κ3) is 4.45. The lowest BCUT2D eigenvalue weighted by molar-refractivity contribution is 0.202. The van der Waals surface area contributed by atoms with Gasteiger partial charge in [-0.1, -0.05) is 17.7 Å². The van der Waals surface area contributed by atoms with Gasteiger partial charge in [-0.05, 0) is 57.6 Å². The van der Waals surface area contributed by atoms with Crippen molar-refractivity contribution < 1.29 is 4.74 Å². The minimum atomic E-state index is 0.186. The predicted octanol–water partition coefficient (Wildman–Crippen LogP) is 3.14. The van der Waals surface area contributed by atoms with Gasteiger partial charge in [0.15, 0.2) is 0 Å². The van der Waals surface area contributed by atoms with Crippen molar-refractivity contribution in [3.63, 3.8) is 0 Å². The van der Waals surface area contributed by atoms with E-state index in [4.69, 9.17) is 10.5 Å². The van der Waals surface area contributed by atoms with Crippen LogP contribution in [-0.4, -0.2) is 32.3 Å². The Hall–Kier alpha value is -1.06. The molecule has 3 nitrogen and oxygen atoms in total. The molecule has 0 aromatic heterocycles. The van der Waals surface area contributed by atoms with Gasteiger partial charge in [0, 0.05) is 31.4 Å². The van der Waals surface area contributed by atoms with Crippen LogP contribution in [0.15, 0.2) is 18.2 Å². The summed E-state index contributed by atoms with van der Waals surface area (Å²) in [6.07, 6.45) is 3.65. The average Bonchev–Trinajstić information content (AvgIpc) is 3.24. The van der Waals surface area contributed by atoms with Crippen LogP contribution < -0.4 is 10.6 Å². The topological polar surface area (TPSA) is 38.5 Å². The minimum absolute atomic E-state index is 0.186. The lowest BCUT2D eigenvalue weighted by Crippen LogP contribution is -2.38. The molecule has 1 fully saturated rings. The van der Waals surface area contributed by atoms with Crippen molar-refractivity contribution in [2.45, 2.75) is 52.1 Å². The van der Waals surface area contributed by atoms with Gasteiger partial charge in [0.2, 0.25) is 0 Å². The molecule has 1 saturated carbocycles. The van der Waals surface area contributed by atoms with Crippen molar-refractivity contribution in [1.82, 2.24) is 0 Å². The molecule has 0 amide bonds. The third-order valence-corrected chi connectivity index (χ3v) is 4.42. The fourth-order valence-electron chi connectivity index (χ4n) is 3.07. The number of benzene rings is 1. The number of methoxy groups -OCH3 is 1. The molecule has 0 heterocycles. The molecule has 118 valence electrons. The van der Waals surface area contributed by atoms with Crippen molar-refractivity contribution in [2.24, 2.45) is 11.7 Å². The molecule has 0 radical (unpaired) electrons. The van der Waals surface area contributed by atoms with E-state index in [9.17, 15) is 0 Å². The second-order valence-electron chi connectivity index (χ2n) is 6.58. The summed E-state index contributed by atoms with van der Waals surface area (Å²) in [5.74, 6) is 0.839. The summed E-state index contributed by atoms with van der Waals surface area (Å²) in [5, 5.41) is 0. The number of hydrogen-bond donors (Lipinski definition) is 1. The largest absolute Gasteiger partial charge is 0.383 e. The smallest absolute Gasteiger partial charge is 0.0637 e. The lowest BCUT2D eigenvalue weighted by atomic mass is 10.0.